The lowest BCUT2D eigenvalue weighted by Gasteiger charge is -2.10. The molecule has 0 spiro atoms. The third-order valence-corrected chi connectivity index (χ3v) is 2.15. The van der Waals surface area contributed by atoms with Crippen molar-refractivity contribution in [2.24, 2.45) is 16.5 Å². The Bertz CT molecular complexity index is 355. The number of nitrogens with zero attached hydrogens (tertiary/aromatic N) is 1. The molecule has 0 aromatic heterocycles. The van der Waals surface area contributed by atoms with Crippen LogP contribution in [0.4, 0.5) is 0 Å². The van der Waals surface area contributed by atoms with Crippen molar-refractivity contribution in [3.05, 3.63) is 35.9 Å². The monoisotopic (exact) mass is 205 g/mol. The van der Waals surface area contributed by atoms with Crippen LogP contribution >= 0.6 is 0 Å². The van der Waals surface area contributed by atoms with Gasteiger partial charge >= 0.3 is 0 Å². The van der Waals surface area contributed by atoms with Crippen molar-refractivity contribution >= 4 is 11.9 Å². The van der Waals surface area contributed by atoms with Gasteiger partial charge < -0.3 is 11.5 Å². The predicted molar refractivity (Wildman–Crippen MR) is 60.3 cm³/mol. The van der Waals surface area contributed by atoms with Crippen molar-refractivity contribution in [1.29, 1.82) is 0 Å². The average molecular weight is 205 g/mol. The van der Waals surface area contributed by atoms with Gasteiger partial charge in [-0.05, 0) is 12.0 Å². The second-order valence-electron chi connectivity index (χ2n) is 3.25. The number of nitrogens with two attached hydrogens (primary N) is 2. The number of amides is 1. The van der Waals surface area contributed by atoms with Gasteiger partial charge in [-0.25, -0.2) is 0 Å². The lowest BCUT2D eigenvalue weighted by molar-refractivity contribution is -0.119. The summed E-state index contributed by atoms with van der Waals surface area (Å²) >= 11 is 0. The van der Waals surface area contributed by atoms with Crippen LogP contribution in [0.15, 0.2) is 35.3 Å². The van der Waals surface area contributed by atoms with Gasteiger partial charge in [0.15, 0.2) is 5.96 Å². The van der Waals surface area contributed by atoms with Crippen LogP contribution in [0.3, 0.4) is 0 Å². The molecule has 0 aliphatic rings. The van der Waals surface area contributed by atoms with Gasteiger partial charge in [-0.15, -0.1) is 0 Å². The Labute approximate surface area is 89.0 Å². The molecule has 1 atom stereocenters. The standard InChI is InChI=1S/C11H15N3O/c1-2-9(10(15)14-11(12)13)8-6-4-3-5-7-8/h3-7,9H,2H2,1H3,(H4,12,13,14,15). The Kier molecular flexibility index (Phi) is 3.85. The van der Waals surface area contributed by atoms with E-state index >= 15 is 0 Å². The van der Waals surface area contributed by atoms with Gasteiger partial charge in [-0.1, -0.05) is 37.3 Å². The summed E-state index contributed by atoms with van der Waals surface area (Å²) in [5.41, 5.74) is 11.3. The van der Waals surface area contributed by atoms with Gasteiger partial charge in [0.05, 0.1) is 5.92 Å². The van der Waals surface area contributed by atoms with Gasteiger partial charge in [0.1, 0.15) is 0 Å². The number of rotatable bonds is 3. The van der Waals surface area contributed by atoms with E-state index in [2.05, 4.69) is 4.99 Å². The first-order valence-corrected chi connectivity index (χ1v) is 4.83. The minimum atomic E-state index is -0.288. The van der Waals surface area contributed by atoms with Gasteiger partial charge in [-0.3, -0.25) is 4.79 Å². The number of hydrogen-bond acceptors (Lipinski definition) is 1. The van der Waals surface area contributed by atoms with Crippen molar-refractivity contribution < 1.29 is 4.79 Å². The van der Waals surface area contributed by atoms with E-state index in [9.17, 15) is 4.79 Å². The molecule has 0 aliphatic carbocycles. The minimum absolute atomic E-state index is 0.186. The summed E-state index contributed by atoms with van der Waals surface area (Å²) in [6.07, 6.45) is 0.680. The Morgan fingerprint density at radius 2 is 1.93 bits per heavy atom. The van der Waals surface area contributed by atoms with Crippen LogP contribution in [0, 0.1) is 0 Å². The summed E-state index contributed by atoms with van der Waals surface area (Å²) in [5.74, 6) is -0.730. The highest BCUT2D eigenvalue weighted by Gasteiger charge is 2.17. The zero-order valence-electron chi connectivity index (χ0n) is 8.68. The van der Waals surface area contributed by atoms with E-state index in [0.717, 1.165) is 5.56 Å². The van der Waals surface area contributed by atoms with E-state index in [1.165, 1.54) is 0 Å². The van der Waals surface area contributed by atoms with E-state index in [4.69, 9.17) is 11.5 Å². The summed E-state index contributed by atoms with van der Waals surface area (Å²) in [4.78, 5) is 15.2. The number of benzene rings is 1. The predicted octanol–water partition coefficient (Wildman–Crippen LogP) is 0.980. The first kappa shape index (κ1) is 11.2. The normalized spacial score (nSPS) is 11.8. The number of aliphatic imine (C=N–C) groups is 1. The second-order valence-corrected chi connectivity index (χ2v) is 3.25. The van der Waals surface area contributed by atoms with Crippen LogP contribution in [0.25, 0.3) is 0 Å². The fraction of sp³-hybridized carbons (Fsp3) is 0.273. The van der Waals surface area contributed by atoms with E-state index in [1.807, 2.05) is 37.3 Å². The Morgan fingerprint density at radius 1 is 1.33 bits per heavy atom. The third-order valence-electron chi connectivity index (χ3n) is 2.15. The summed E-state index contributed by atoms with van der Waals surface area (Å²) < 4.78 is 0. The zero-order chi connectivity index (χ0) is 11.3. The molecule has 0 heterocycles. The van der Waals surface area contributed by atoms with Crippen LogP contribution in [0.2, 0.25) is 0 Å². The lowest BCUT2D eigenvalue weighted by atomic mass is 9.96. The molecule has 80 valence electrons. The van der Waals surface area contributed by atoms with Gasteiger partial charge in [0.25, 0.3) is 5.91 Å². The molecule has 1 amide bonds. The molecule has 4 nitrogen and oxygen atoms in total. The van der Waals surface area contributed by atoms with Crippen molar-refractivity contribution in [1.82, 2.24) is 0 Å². The molecule has 1 unspecified atom stereocenters. The lowest BCUT2D eigenvalue weighted by Crippen LogP contribution is -2.25. The molecule has 1 aromatic carbocycles. The summed E-state index contributed by atoms with van der Waals surface area (Å²) in [6.45, 7) is 1.93. The van der Waals surface area contributed by atoms with Gasteiger partial charge in [0.2, 0.25) is 0 Å². The van der Waals surface area contributed by atoms with Crippen molar-refractivity contribution in [3.63, 3.8) is 0 Å². The van der Waals surface area contributed by atoms with Crippen LogP contribution in [0.5, 0.6) is 0 Å². The van der Waals surface area contributed by atoms with E-state index in [1.54, 1.807) is 0 Å². The number of guanidine groups is 1. The maximum Gasteiger partial charge on any atom is 0.256 e. The van der Waals surface area contributed by atoms with Crippen LogP contribution < -0.4 is 11.5 Å². The maximum absolute atomic E-state index is 11.6. The number of carbonyl (C=O) groups excluding carboxylic acids is 1. The van der Waals surface area contributed by atoms with E-state index in [0.29, 0.717) is 6.42 Å². The van der Waals surface area contributed by atoms with E-state index < -0.39 is 0 Å². The van der Waals surface area contributed by atoms with Crippen LogP contribution in [0.1, 0.15) is 24.8 Å². The molecule has 0 bridgehead atoms. The molecule has 1 aromatic rings. The average Bonchev–Trinajstić information content (AvgIpc) is 2.19. The smallest absolute Gasteiger partial charge is 0.256 e. The second kappa shape index (κ2) is 5.14. The number of carbonyl (C=O) groups is 1. The first-order valence-electron chi connectivity index (χ1n) is 4.83. The van der Waals surface area contributed by atoms with Crippen molar-refractivity contribution in [3.8, 4) is 0 Å². The molecule has 0 saturated heterocycles. The highest BCUT2D eigenvalue weighted by Crippen LogP contribution is 2.20. The molecule has 4 N–H and O–H groups in total. The van der Waals surface area contributed by atoms with Crippen LogP contribution in [-0.4, -0.2) is 11.9 Å². The quantitative estimate of drug-likeness (QED) is 0.570. The maximum atomic E-state index is 11.6. The first-order chi connectivity index (χ1) is 7.15. The molecule has 0 aliphatic heterocycles. The van der Waals surface area contributed by atoms with Crippen molar-refractivity contribution in [2.75, 3.05) is 0 Å². The molecule has 0 saturated carbocycles. The van der Waals surface area contributed by atoms with E-state index in [-0.39, 0.29) is 17.8 Å². The number of hydrogen-bond donors (Lipinski definition) is 2. The molecule has 0 radical (unpaired) electrons. The molecule has 0 fully saturated rings. The third kappa shape index (κ3) is 3.09. The Hall–Kier alpha value is -1.84. The fourth-order valence-corrected chi connectivity index (χ4v) is 1.44. The Balaban J connectivity index is 2.90. The molecular weight excluding hydrogens is 190 g/mol. The fourth-order valence-electron chi connectivity index (χ4n) is 1.44. The topological polar surface area (TPSA) is 81.5 Å². The SMILES string of the molecule is CCC(C(=O)N=C(N)N)c1ccccc1. The molecule has 4 heteroatoms. The van der Waals surface area contributed by atoms with Gasteiger partial charge in [0, 0.05) is 0 Å². The van der Waals surface area contributed by atoms with Crippen LogP contribution in [-0.2, 0) is 4.79 Å². The summed E-state index contributed by atoms with van der Waals surface area (Å²) in [5, 5.41) is 0. The molecular formula is C11H15N3O. The largest absolute Gasteiger partial charge is 0.370 e. The van der Waals surface area contributed by atoms with Crippen molar-refractivity contribution in [2.45, 2.75) is 19.3 Å². The zero-order valence-corrected chi connectivity index (χ0v) is 8.68. The summed E-state index contributed by atoms with van der Waals surface area (Å²) in [6, 6.07) is 9.48. The molecule has 15 heavy (non-hydrogen) atoms. The highest BCUT2D eigenvalue weighted by atomic mass is 16.1. The highest BCUT2D eigenvalue weighted by molar-refractivity contribution is 5.94. The summed E-state index contributed by atoms with van der Waals surface area (Å²) in [7, 11) is 0. The Morgan fingerprint density at radius 3 is 2.40 bits per heavy atom. The minimum Gasteiger partial charge on any atom is -0.370 e. The molecule has 1 rings (SSSR count). The van der Waals surface area contributed by atoms with Gasteiger partial charge in [-0.2, -0.15) is 4.99 Å².